The summed E-state index contributed by atoms with van der Waals surface area (Å²) in [6.45, 7) is 3.32. The van der Waals surface area contributed by atoms with Crippen LogP contribution in [0.3, 0.4) is 0 Å². The summed E-state index contributed by atoms with van der Waals surface area (Å²) < 4.78 is 10.3. The number of rotatable bonds is 9. The second-order valence-electron chi connectivity index (χ2n) is 4.37. The molecular weight excluding hydrogens is 417 g/mol. The summed E-state index contributed by atoms with van der Waals surface area (Å²) >= 11 is 6.12. The minimum Gasteiger partial charge on any atom is -0.382 e. The second-order valence-corrected chi connectivity index (χ2v) is 4.78. The predicted octanol–water partition coefficient (Wildman–Crippen LogP) is 2.33. The van der Waals surface area contributed by atoms with Crippen LogP contribution >= 0.6 is 35.6 Å². The van der Waals surface area contributed by atoms with Crippen molar-refractivity contribution in [2.24, 2.45) is 4.99 Å². The lowest BCUT2D eigenvalue weighted by Gasteiger charge is -2.12. The molecule has 0 aliphatic rings. The fourth-order valence-corrected chi connectivity index (χ4v) is 1.95. The largest absolute Gasteiger partial charge is 0.382 e. The summed E-state index contributed by atoms with van der Waals surface area (Å²) in [5, 5.41) is 7.23. The second kappa shape index (κ2) is 14.0. The first kappa shape index (κ1) is 21.4. The Bertz CT molecular complexity index is 433. The molecule has 0 saturated heterocycles. The van der Waals surface area contributed by atoms with E-state index in [1.807, 2.05) is 24.3 Å². The standard InChI is InChI=1S/C15H24ClN3O2.HI/c1-17-15(19-9-10-21-12-11-20-2)18-8-7-13-5-3-4-6-14(13)16;/h3-6H,7-12H2,1-2H3,(H2,17,18,19);1H. The van der Waals surface area contributed by atoms with Crippen molar-refractivity contribution in [1.29, 1.82) is 0 Å². The minimum atomic E-state index is 0. The van der Waals surface area contributed by atoms with Crippen LogP contribution in [0.1, 0.15) is 5.56 Å². The van der Waals surface area contributed by atoms with E-state index in [1.54, 1.807) is 14.2 Å². The molecule has 1 aromatic carbocycles. The van der Waals surface area contributed by atoms with Gasteiger partial charge in [0.15, 0.2) is 5.96 Å². The maximum atomic E-state index is 6.12. The zero-order valence-electron chi connectivity index (χ0n) is 13.1. The van der Waals surface area contributed by atoms with Gasteiger partial charge in [0.05, 0.1) is 19.8 Å². The number of nitrogens with zero attached hydrogens (tertiary/aromatic N) is 1. The Morgan fingerprint density at radius 2 is 1.86 bits per heavy atom. The van der Waals surface area contributed by atoms with Gasteiger partial charge in [0, 0.05) is 32.3 Å². The maximum absolute atomic E-state index is 6.12. The number of guanidine groups is 1. The van der Waals surface area contributed by atoms with Gasteiger partial charge in [-0.1, -0.05) is 29.8 Å². The third-order valence-electron chi connectivity index (χ3n) is 2.84. The van der Waals surface area contributed by atoms with Crippen molar-refractivity contribution < 1.29 is 9.47 Å². The van der Waals surface area contributed by atoms with Crippen molar-refractivity contribution in [3.05, 3.63) is 34.9 Å². The quantitative estimate of drug-likeness (QED) is 0.267. The molecule has 5 nitrogen and oxygen atoms in total. The van der Waals surface area contributed by atoms with Gasteiger partial charge in [-0.3, -0.25) is 4.99 Å². The molecule has 0 atom stereocenters. The Morgan fingerprint density at radius 3 is 2.55 bits per heavy atom. The first-order valence-electron chi connectivity index (χ1n) is 7.02. The van der Waals surface area contributed by atoms with Crippen LogP contribution in [0, 0.1) is 0 Å². The van der Waals surface area contributed by atoms with E-state index in [0.29, 0.717) is 26.4 Å². The number of benzene rings is 1. The van der Waals surface area contributed by atoms with E-state index >= 15 is 0 Å². The van der Waals surface area contributed by atoms with Gasteiger partial charge < -0.3 is 20.1 Å². The highest BCUT2D eigenvalue weighted by Crippen LogP contribution is 2.14. The van der Waals surface area contributed by atoms with Gasteiger partial charge in [-0.15, -0.1) is 24.0 Å². The van der Waals surface area contributed by atoms with E-state index in [1.165, 1.54) is 0 Å². The molecule has 22 heavy (non-hydrogen) atoms. The molecule has 126 valence electrons. The number of halogens is 2. The molecule has 0 spiro atoms. The van der Waals surface area contributed by atoms with E-state index in [-0.39, 0.29) is 24.0 Å². The van der Waals surface area contributed by atoms with Crippen molar-refractivity contribution >= 4 is 41.5 Å². The van der Waals surface area contributed by atoms with Gasteiger partial charge in [0.25, 0.3) is 0 Å². The Hall–Kier alpha value is -0.570. The zero-order valence-corrected chi connectivity index (χ0v) is 16.2. The van der Waals surface area contributed by atoms with Crippen LogP contribution in [-0.2, 0) is 15.9 Å². The smallest absolute Gasteiger partial charge is 0.191 e. The Labute approximate surface area is 154 Å². The van der Waals surface area contributed by atoms with Crippen molar-refractivity contribution in [2.75, 3.05) is 47.1 Å². The van der Waals surface area contributed by atoms with E-state index in [9.17, 15) is 0 Å². The third kappa shape index (κ3) is 9.45. The van der Waals surface area contributed by atoms with Crippen LogP contribution in [-0.4, -0.2) is 53.0 Å². The van der Waals surface area contributed by atoms with Crippen LogP contribution < -0.4 is 10.6 Å². The monoisotopic (exact) mass is 441 g/mol. The molecule has 0 aromatic heterocycles. The molecule has 0 aliphatic heterocycles. The topological polar surface area (TPSA) is 54.9 Å². The average Bonchev–Trinajstić information content (AvgIpc) is 2.50. The summed E-state index contributed by atoms with van der Waals surface area (Å²) in [5.74, 6) is 0.761. The number of aliphatic imine (C=N–C) groups is 1. The van der Waals surface area contributed by atoms with Crippen molar-refractivity contribution in [3.63, 3.8) is 0 Å². The number of methoxy groups -OCH3 is 1. The van der Waals surface area contributed by atoms with Gasteiger partial charge in [-0.25, -0.2) is 0 Å². The summed E-state index contributed by atoms with van der Waals surface area (Å²) in [6, 6.07) is 7.86. The van der Waals surface area contributed by atoms with Crippen LogP contribution in [0.5, 0.6) is 0 Å². The molecular formula is C15H25ClIN3O2. The fraction of sp³-hybridized carbons (Fsp3) is 0.533. The summed E-state index contributed by atoms with van der Waals surface area (Å²) in [4.78, 5) is 4.16. The molecule has 0 unspecified atom stereocenters. The lowest BCUT2D eigenvalue weighted by Crippen LogP contribution is -2.39. The van der Waals surface area contributed by atoms with Crippen LogP contribution in [0.4, 0.5) is 0 Å². The van der Waals surface area contributed by atoms with Crippen LogP contribution in [0.15, 0.2) is 29.3 Å². The van der Waals surface area contributed by atoms with Crippen molar-refractivity contribution in [2.45, 2.75) is 6.42 Å². The maximum Gasteiger partial charge on any atom is 0.191 e. The number of ether oxygens (including phenoxy) is 2. The molecule has 1 rings (SSSR count). The number of hydrogen-bond donors (Lipinski definition) is 2. The fourth-order valence-electron chi connectivity index (χ4n) is 1.72. The van der Waals surface area contributed by atoms with Crippen LogP contribution in [0.2, 0.25) is 5.02 Å². The Kier molecular flexibility index (Phi) is 13.7. The van der Waals surface area contributed by atoms with E-state index in [0.717, 1.165) is 29.5 Å². The van der Waals surface area contributed by atoms with Gasteiger partial charge in [0.1, 0.15) is 0 Å². The molecule has 0 bridgehead atoms. The van der Waals surface area contributed by atoms with Gasteiger partial charge in [0.2, 0.25) is 0 Å². The molecule has 0 radical (unpaired) electrons. The number of hydrogen-bond acceptors (Lipinski definition) is 3. The predicted molar refractivity (Wildman–Crippen MR) is 103 cm³/mol. The zero-order chi connectivity index (χ0) is 15.3. The van der Waals surface area contributed by atoms with E-state index < -0.39 is 0 Å². The van der Waals surface area contributed by atoms with Gasteiger partial charge in [-0.2, -0.15) is 0 Å². The highest BCUT2D eigenvalue weighted by molar-refractivity contribution is 14.0. The Morgan fingerprint density at radius 1 is 1.14 bits per heavy atom. The highest BCUT2D eigenvalue weighted by atomic mass is 127. The molecule has 2 N–H and O–H groups in total. The number of nitrogens with one attached hydrogen (secondary N) is 2. The summed E-state index contributed by atoms with van der Waals surface area (Å²) in [6.07, 6.45) is 0.852. The van der Waals surface area contributed by atoms with E-state index in [4.69, 9.17) is 21.1 Å². The van der Waals surface area contributed by atoms with Crippen LogP contribution in [0.25, 0.3) is 0 Å². The average molecular weight is 442 g/mol. The van der Waals surface area contributed by atoms with Gasteiger partial charge >= 0.3 is 0 Å². The summed E-state index contributed by atoms with van der Waals surface area (Å²) in [7, 11) is 3.41. The minimum absolute atomic E-state index is 0. The Balaban J connectivity index is 0.00000441. The highest BCUT2D eigenvalue weighted by Gasteiger charge is 2.00. The third-order valence-corrected chi connectivity index (χ3v) is 3.21. The molecule has 0 heterocycles. The molecule has 0 saturated carbocycles. The van der Waals surface area contributed by atoms with Crippen molar-refractivity contribution in [3.8, 4) is 0 Å². The lowest BCUT2D eigenvalue weighted by atomic mass is 10.1. The van der Waals surface area contributed by atoms with E-state index in [2.05, 4.69) is 15.6 Å². The molecule has 0 amide bonds. The molecule has 7 heteroatoms. The normalized spacial score (nSPS) is 11.0. The first-order valence-corrected chi connectivity index (χ1v) is 7.40. The summed E-state index contributed by atoms with van der Waals surface area (Å²) in [5.41, 5.74) is 1.13. The lowest BCUT2D eigenvalue weighted by molar-refractivity contribution is 0.0733. The SMILES string of the molecule is CN=C(NCCOCCOC)NCCc1ccccc1Cl.I. The molecule has 1 aromatic rings. The van der Waals surface area contributed by atoms with Crippen molar-refractivity contribution in [1.82, 2.24) is 10.6 Å². The first-order chi connectivity index (χ1) is 10.3. The molecule has 0 aliphatic carbocycles. The molecule has 0 fully saturated rings. The van der Waals surface area contributed by atoms with Gasteiger partial charge in [-0.05, 0) is 18.1 Å².